The molecule has 0 aromatic heterocycles. The molecule has 1 saturated carbocycles. The first-order chi connectivity index (χ1) is 24.6. The molecule has 1 aliphatic carbocycles. The van der Waals surface area contributed by atoms with E-state index in [9.17, 15) is 29.4 Å². The maximum atomic E-state index is 14.1. The molecule has 2 N–H and O–H groups in total. The molecule has 3 heterocycles. The van der Waals surface area contributed by atoms with Crippen LogP contribution in [0, 0.1) is 35.5 Å². The van der Waals surface area contributed by atoms with Gasteiger partial charge in [-0.3, -0.25) is 14.4 Å². The lowest BCUT2D eigenvalue weighted by atomic mass is 9.81. The molecule has 3 aliphatic heterocycles. The summed E-state index contributed by atoms with van der Waals surface area (Å²) in [6, 6.07) is -1.08. The third kappa shape index (κ3) is 9.69. The minimum Gasteiger partial charge on any atom is -0.456 e. The van der Waals surface area contributed by atoms with Crippen molar-refractivity contribution in [3.8, 4) is 0 Å². The van der Waals surface area contributed by atoms with Crippen LogP contribution in [0.25, 0.3) is 0 Å². The second-order valence-corrected chi connectivity index (χ2v) is 16.2. The van der Waals surface area contributed by atoms with Crippen LogP contribution in [-0.4, -0.2) is 102 Å². The molecular formula is C41H63NO10. The lowest BCUT2D eigenvalue weighted by Crippen LogP contribution is -2.64. The number of fused-ring (bicyclic) bond motifs is 3. The van der Waals surface area contributed by atoms with Crippen LogP contribution in [0.5, 0.6) is 0 Å². The van der Waals surface area contributed by atoms with Gasteiger partial charge in [-0.05, 0) is 93.1 Å². The predicted molar refractivity (Wildman–Crippen MR) is 196 cm³/mol. The van der Waals surface area contributed by atoms with Crippen LogP contribution in [0.15, 0.2) is 36.0 Å². The average Bonchev–Trinajstić information content (AvgIpc) is 3.81. The summed E-state index contributed by atoms with van der Waals surface area (Å²) in [6.07, 6.45) is 5.76. The first kappa shape index (κ1) is 42.0. The molecule has 4 aliphatic rings. The van der Waals surface area contributed by atoms with Crippen molar-refractivity contribution in [3.63, 3.8) is 0 Å². The van der Waals surface area contributed by atoms with Crippen molar-refractivity contribution < 1.29 is 48.3 Å². The van der Waals surface area contributed by atoms with Crippen LogP contribution in [-0.2, 0) is 38.1 Å². The van der Waals surface area contributed by atoms with Gasteiger partial charge >= 0.3 is 5.97 Å². The fraction of sp³-hybridized carbons (Fsp3) is 0.756. The number of aliphatic hydroxyl groups is 2. The van der Waals surface area contributed by atoms with Gasteiger partial charge in [-0.2, -0.15) is 0 Å². The number of ether oxygens (including phenoxy) is 4. The SMILES string of the molecule is C=CC/C1=C\C(C)CC(C)CC(OC)C2OC(O)(C(=O)C(=O)N3CCCCC3C(=O)OC(C(C)=CC3CC3C)C(C)C(O)CC1=O)C(C)CC2OC. The maximum Gasteiger partial charge on any atom is 0.329 e. The van der Waals surface area contributed by atoms with Gasteiger partial charge in [0.25, 0.3) is 11.7 Å². The number of aliphatic hydroxyl groups excluding tert-OH is 1. The molecular weight excluding hydrogens is 666 g/mol. The minimum absolute atomic E-state index is 0.0199. The Morgan fingerprint density at radius 1 is 1.02 bits per heavy atom. The molecule has 2 bridgehead atoms. The Morgan fingerprint density at radius 3 is 2.29 bits per heavy atom. The van der Waals surface area contributed by atoms with Gasteiger partial charge in [0.15, 0.2) is 5.78 Å². The Balaban J connectivity index is 1.77. The number of carbonyl (C=O) groups is 4. The number of carbonyl (C=O) groups excluding carboxylic acids is 4. The highest BCUT2D eigenvalue weighted by molar-refractivity contribution is 6.39. The Bertz CT molecular complexity index is 1370. The topological polar surface area (TPSA) is 149 Å². The molecule has 3 fully saturated rings. The summed E-state index contributed by atoms with van der Waals surface area (Å²) in [5, 5.41) is 23.5. The van der Waals surface area contributed by atoms with Crippen molar-refractivity contribution >= 4 is 23.4 Å². The molecule has 2 saturated heterocycles. The highest BCUT2D eigenvalue weighted by Crippen LogP contribution is 2.41. The normalized spacial score (nSPS) is 41.6. The minimum atomic E-state index is -2.47. The number of esters is 1. The van der Waals surface area contributed by atoms with Crippen LogP contribution in [0.3, 0.4) is 0 Å². The van der Waals surface area contributed by atoms with Crippen LogP contribution in [0.2, 0.25) is 0 Å². The van der Waals surface area contributed by atoms with Crippen molar-refractivity contribution in [2.24, 2.45) is 35.5 Å². The van der Waals surface area contributed by atoms with Crippen molar-refractivity contribution in [3.05, 3.63) is 36.0 Å². The van der Waals surface area contributed by atoms with E-state index in [0.29, 0.717) is 49.5 Å². The van der Waals surface area contributed by atoms with E-state index in [1.165, 1.54) is 19.1 Å². The number of amides is 1. The predicted octanol–water partition coefficient (Wildman–Crippen LogP) is 5.12. The summed E-state index contributed by atoms with van der Waals surface area (Å²) in [5.41, 5.74) is 1.33. The molecule has 1 amide bonds. The molecule has 0 aromatic rings. The second kappa shape index (κ2) is 18.1. The lowest BCUT2D eigenvalue weighted by Gasteiger charge is -2.47. The monoisotopic (exact) mass is 729 g/mol. The number of methoxy groups -OCH3 is 2. The van der Waals surface area contributed by atoms with E-state index < -0.39 is 71.8 Å². The van der Waals surface area contributed by atoms with E-state index >= 15 is 0 Å². The van der Waals surface area contributed by atoms with Crippen molar-refractivity contribution in [2.75, 3.05) is 20.8 Å². The van der Waals surface area contributed by atoms with Gasteiger partial charge in [-0.1, -0.05) is 52.8 Å². The van der Waals surface area contributed by atoms with Crippen LogP contribution < -0.4 is 0 Å². The van der Waals surface area contributed by atoms with Crippen molar-refractivity contribution in [2.45, 2.75) is 142 Å². The first-order valence-corrected chi connectivity index (χ1v) is 19.3. The number of Topliss-reactive ketones (excluding diaryl/α,β-unsaturated/α-hetero) is 2. The Morgan fingerprint density at radius 2 is 1.67 bits per heavy atom. The summed E-state index contributed by atoms with van der Waals surface area (Å²) in [7, 11) is 3.07. The van der Waals surface area contributed by atoms with E-state index in [-0.39, 0.29) is 43.4 Å². The number of allylic oxidation sites excluding steroid dienone is 4. The summed E-state index contributed by atoms with van der Waals surface area (Å²) in [5.74, 6) is -6.12. The van der Waals surface area contributed by atoms with Gasteiger partial charge in [0.05, 0.1) is 18.3 Å². The highest BCUT2D eigenvalue weighted by atomic mass is 16.7. The van der Waals surface area contributed by atoms with Crippen LogP contribution in [0.4, 0.5) is 0 Å². The molecule has 292 valence electrons. The van der Waals surface area contributed by atoms with Crippen molar-refractivity contribution in [1.29, 1.82) is 0 Å². The summed E-state index contributed by atoms with van der Waals surface area (Å²) >= 11 is 0. The highest BCUT2D eigenvalue weighted by Gasteiger charge is 2.56. The zero-order valence-electron chi connectivity index (χ0n) is 32.5. The number of hydrogen-bond acceptors (Lipinski definition) is 10. The Hall–Kier alpha value is -2.70. The standard InChI is InChI=1S/C41H63NO10/c1-10-13-29-17-23(2)16-24(3)18-34(49-8)37-35(50-9)21-27(6)41(48,52-37)38(45)39(46)42-15-12-11-14-31(42)40(47)51-36(26(5)20-30-19-25(30)4)28(7)32(43)22-33(29)44/h10,17,20,23-25,27-28,30-32,34-37,43,48H,1,11-16,18-19,21-22H2,2-9H3/b26-20?,29-17+. The number of hydrogen-bond donors (Lipinski definition) is 2. The Labute approximate surface area is 310 Å². The largest absolute Gasteiger partial charge is 0.456 e. The van der Waals surface area contributed by atoms with Gasteiger partial charge in [-0.15, -0.1) is 6.58 Å². The third-order valence-corrected chi connectivity index (χ3v) is 11.9. The molecule has 13 atom stereocenters. The van der Waals surface area contributed by atoms with Crippen molar-refractivity contribution in [1.82, 2.24) is 4.90 Å². The van der Waals surface area contributed by atoms with Crippen LogP contribution in [0.1, 0.15) is 99.3 Å². The molecule has 13 unspecified atom stereocenters. The fourth-order valence-electron chi connectivity index (χ4n) is 8.44. The van der Waals surface area contributed by atoms with E-state index in [1.54, 1.807) is 19.9 Å². The Kier molecular flexibility index (Phi) is 14.6. The average molecular weight is 730 g/mol. The smallest absolute Gasteiger partial charge is 0.329 e. The van der Waals surface area contributed by atoms with Gasteiger partial charge in [-0.25, -0.2) is 4.79 Å². The molecule has 0 radical (unpaired) electrons. The molecule has 11 heteroatoms. The van der Waals surface area contributed by atoms with E-state index in [4.69, 9.17) is 18.9 Å². The third-order valence-electron chi connectivity index (χ3n) is 11.9. The van der Waals surface area contributed by atoms with E-state index in [1.807, 2.05) is 19.9 Å². The van der Waals surface area contributed by atoms with Gasteiger partial charge in [0.1, 0.15) is 18.2 Å². The quantitative estimate of drug-likeness (QED) is 0.215. The number of cyclic esters (lactones) is 1. The molecule has 0 spiro atoms. The summed E-state index contributed by atoms with van der Waals surface area (Å²) in [6.45, 7) is 15.5. The summed E-state index contributed by atoms with van der Waals surface area (Å²) in [4.78, 5) is 57.2. The molecule has 11 nitrogen and oxygen atoms in total. The lowest BCUT2D eigenvalue weighted by molar-refractivity contribution is -0.302. The maximum absolute atomic E-state index is 14.1. The zero-order chi connectivity index (χ0) is 38.5. The zero-order valence-corrected chi connectivity index (χ0v) is 32.5. The van der Waals surface area contributed by atoms with Crippen LogP contribution >= 0.6 is 0 Å². The first-order valence-electron chi connectivity index (χ1n) is 19.3. The van der Waals surface area contributed by atoms with E-state index in [0.717, 1.165) is 12.0 Å². The van der Waals surface area contributed by atoms with Gasteiger partial charge in [0, 0.05) is 39.0 Å². The molecule has 52 heavy (non-hydrogen) atoms. The number of nitrogens with zero attached hydrogens (tertiary/aromatic N) is 1. The number of rotatable bonds is 6. The molecule has 0 aromatic carbocycles. The second-order valence-electron chi connectivity index (χ2n) is 16.2. The number of ketones is 2. The van der Waals surface area contributed by atoms with Gasteiger partial charge in [0.2, 0.25) is 5.79 Å². The van der Waals surface area contributed by atoms with E-state index in [2.05, 4.69) is 26.5 Å². The van der Waals surface area contributed by atoms with Gasteiger partial charge < -0.3 is 34.1 Å². The number of piperidine rings is 1. The fourth-order valence-corrected chi connectivity index (χ4v) is 8.44. The summed E-state index contributed by atoms with van der Waals surface area (Å²) < 4.78 is 24.1. The molecule has 4 rings (SSSR count).